The molecule has 0 fully saturated rings. The molecule has 26 heavy (non-hydrogen) atoms. The van der Waals surface area contributed by atoms with Crippen LogP contribution >= 0.6 is 0 Å². The molecule has 0 spiro atoms. The van der Waals surface area contributed by atoms with Crippen LogP contribution in [-0.2, 0) is 6.18 Å². The van der Waals surface area contributed by atoms with Gasteiger partial charge in [0.25, 0.3) is 0 Å². The van der Waals surface area contributed by atoms with E-state index in [9.17, 15) is 13.2 Å². The summed E-state index contributed by atoms with van der Waals surface area (Å²) in [5.41, 5.74) is 2.06. The predicted octanol–water partition coefficient (Wildman–Crippen LogP) is 6.16. The van der Waals surface area contributed by atoms with Crippen molar-refractivity contribution in [1.82, 2.24) is 10.2 Å². The molecule has 0 amide bonds. The summed E-state index contributed by atoms with van der Waals surface area (Å²) >= 11 is 0. The van der Waals surface area contributed by atoms with Gasteiger partial charge in [0.2, 0.25) is 0 Å². The Hall–Kier alpha value is -2.11. The summed E-state index contributed by atoms with van der Waals surface area (Å²) in [5.74, 6) is 0.707. The lowest BCUT2D eigenvalue weighted by molar-refractivity contribution is -0.137. The van der Waals surface area contributed by atoms with Crippen LogP contribution in [0.3, 0.4) is 0 Å². The Labute approximate surface area is 153 Å². The van der Waals surface area contributed by atoms with Gasteiger partial charge in [0.05, 0.1) is 11.3 Å². The van der Waals surface area contributed by atoms with Crippen molar-refractivity contribution >= 4 is 5.82 Å². The van der Waals surface area contributed by atoms with Gasteiger partial charge in [-0.15, -0.1) is 10.2 Å². The van der Waals surface area contributed by atoms with Crippen molar-refractivity contribution in [3.05, 3.63) is 41.0 Å². The molecule has 1 N–H and O–H groups in total. The Morgan fingerprint density at radius 1 is 1.04 bits per heavy atom. The van der Waals surface area contributed by atoms with Crippen LogP contribution in [0.25, 0.3) is 11.3 Å². The van der Waals surface area contributed by atoms with Crippen molar-refractivity contribution < 1.29 is 13.2 Å². The molecule has 0 aliphatic rings. The number of hydrogen-bond acceptors (Lipinski definition) is 3. The minimum Gasteiger partial charge on any atom is -0.366 e. The summed E-state index contributed by atoms with van der Waals surface area (Å²) in [5, 5.41) is 11.9. The van der Waals surface area contributed by atoms with Crippen molar-refractivity contribution in [3.63, 3.8) is 0 Å². The van der Waals surface area contributed by atoms with Gasteiger partial charge >= 0.3 is 6.18 Å². The molecule has 142 valence electrons. The summed E-state index contributed by atoms with van der Waals surface area (Å²) in [6, 6.07) is 5.97. The molecule has 0 bridgehead atoms. The molecule has 0 radical (unpaired) electrons. The summed E-state index contributed by atoms with van der Waals surface area (Å²) < 4.78 is 38.5. The molecule has 1 heterocycles. The molecule has 0 aliphatic carbocycles. The Morgan fingerprint density at radius 3 is 2.31 bits per heavy atom. The van der Waals surface area contributed by atoms with Crippen LogP contribution in [0.1, 0.15) is 56.2 Å². The maximum absolute atomic E-state index is 12.8. The monoisotopic (exact) mass is 365 g/mol. The van der Waals surface area contributed by atoms with E-state index in [-0.39, 0.29) is 0 Å². The molecule has 2 aromatic rings. The van der Waals surface area contributed by atoms with Gasteiger partial charge in [0.1, 0.15) is 5.82 Å². The molecular formula is C20H26F3N3. The largest absolute Gasteiger partial charge is 0.416 e. The number of rotatable bonds is 7. The standard InChI is InChI=1S/C20H26F3N3/c1-5-7-8-16(6-2)24-18-12-14(4)19(26-25-18)17-10-9-15(11-13(17)3)20(21,22)23/h9-12,16H,5-8H2,1-4H3,(H,24,25). The normalized spacial score (nSPS) is 12.9. The highest BCUT2D eigenvalue weighted by Crippen LogP contribution is 2.33. The number of nitrogens with zero attached hydrogens (tertiary/aromatic N) is 2. The fraction of sp³-hybridized carbons (Fsp3) is 0.500. The minimum absolute atomic E-state index is 0.349. The van der Waals surface area contributed by atoms with E-state index in [0.29, 0.717) is 28.7 Å². The number of aromatic nitrogens is 2. The van der Waals surface area contributed by atoms with Crippen molar-refractivity contribution in [2.45, 2.75) is 65.6 Å². The summed E-state index contributed by atoms with van der Waals surface area (Å²) in [4.78, 5) is 0. The first-order valence-corrected chi connectivity index (χ1v) is 9.05. The molecule has 3 nitrogen and oxygen atoms in total. The average Bonchev–Trinajstić information content (AvgIpc) is 2.58. The van der Waals surface area contributed by atoms with Crippen molar-refractivity contribution in [3.8, 4) is 11.3 Å². The quantitative estimate of drug-likeness (QED) is 0.638. The highest BCUT2D eigenvalue weighted by atomic mass is 19.4. The molecule has 6 heteroatoms. The lowest BCUT2D eigenvalue weighted by atomic mass is 9.99. The second-order valence-corrected chi connectivity index (χ2v) is 6.68. The molecule has 2 rings (SSSR count). The van der Waals surface area contributed by atoms with Crippen molar-refractivity contribution in [1.29, 1.82) is 0 Å². The molecule has 1 aromatic heterocycles. The third-order valence-corrected chi connectivity index (χ3v) is 4.54. The van der Waals surface area contributed by atoms with Gasteiger partial charge in [0, 0.05) is 11.6 Å². The SMILES string of the molecule is CCCCC(CC)Nc1cc(C)c(-c2ccc(C(F)(F)F)cc2C)nn1. The number of unbranched alkanes of at least 4 members (excludes halogenated alkanes) is 1. The van der Waals surface area contributed by atoms with E-state index < -0.39 is 11.7 Å². The van der Waals surface area contributed by atoms with Gasteiger partial charge < -0.3 is 5.32 Å². The van der Waals surface area contributed by atoms with Crippen molar-refractivity contribution in [2.75, 3.05) is 5.32 Å². The highest BCUT2D eigenvalue weighted by molar-refractivity contribution is 5.67. The number of benzene rings is 1. The zero-order valence-corrected chi connectivity index (χ0v) is 15.7. The first-order chi connectivity index (χ1) is 12.3. The highest BCUT2D eigenvalue weighted by Gasteiger charge is 2.30. The first kappa shape index (κ1) is 20.2. The lowest BCUT2D eigenvalue weighted by Crippen LogP contribution is -2.19. The molecule has 1 unspecified atom stereocenters. The summed E-state index contributed by atoms with van der Waals surface area (Å²) in [6.07, 6.45) is 0.0369. The summed E-state index contributed by atoms with van der Waals surface area (Å²) in [6.45, 7) is 7.86. The third-order valence-electron chi connectivity index (χ3n) is 4.54. The van der Waals surface area contributed by atoms with Gasteiger partial charge in [-0.3, -0.25) is 0 Å². The number of hydrogen-bond donors (Lipinski definition) is 1. The Morgan fingerprint density at radius 2 is 1.77 bits per heavy atom. The Kier molecular flexibility index (Phi) is 6.62. The number of halogens is 3. The molecule has 1 atom stereocenters. The van der Waals surface area contributed by atoms with Crippen LogP contribution < -0.4 is 5.32 Å². The molecule has 0 saturated carbocycles. The van der Waals surface area contributed by atoms with E-state index in [2.05, 4.69) is 29.4 Å². The molecule has 1 aromatic carbocycles. The Bertz CT molecular complexity index is 742. The van der Waals surface area contributed by atoms with Crippen LogP contribution in [0.15, 0.2) is 24.3 Å². The molecular weight excluding hydrogens is 339 g/mol. The Balaban J connectivity index is 2.24. The van der Waals surface area contributed by atoms with Crippen molar-refractivity contribution in [2.24, 2.45) is 0 Å². The minimum atomic E-state index is -4.34. The van der Waals surface area contributed by atoms with E-state index in [4.69, 9.17) is 0 Å². The fourth-order valence-corrected chi connectivity index (χ4v) is 2.97. The van der Waals surface area contributed by atoms with E-state index in [0.717, 1.165) is 43.4 Å². The second kappa shape index (κ2) is 8.52. The predicted molar refractivity (Wildman–Crippen MR) is 99.2 cm³/mol. The fourth-order valence-electron chi connectivity index (χ4n) is 2.97. The van der Waals surface area contributed by atoms with E-state index >= 15 is 0 Å². The topological polar surface area (TPSA) is 37.8 Å². The molecule has 0 saturated heterocycles. The van der Waals surface area contributed by atoms with Gasteiger partial charge in [0.15, 0.2) is 0 Å². The van der Waals surface area contributed by atoms with Gasteiger partial charge in [-0.1, -0.05) is 32.8 Å². The average molecular weight is 365 g/mol. The maximum atomic E-state index is 12.8. The zero-order chi connectivity index (χ0) is 19.3. The number of alkyl halides is 3. The number of nitrogens with one attached hydrogen (secondary N) is 1. The van der Waals surface area contributed by atoms with Gasteiger partial charge in [-0.25, -0.2) is 0 Å². The van der Waals surface area contributed by atoms with E-state index in [1.807, 2.05) is 13.0 Å². The number of anilines is 1. The molecule has 0 aliphatic heterocycles. The smallest absolute Gasteiger partial charge is 0.366 e. The van der Waals surface area contributed by atoms with Crippen LogP contribution in [-0.4, -0.2) is 16.2 Å². The van der Waals surface area contributed by atoms with Gasteiger partial charge in [-0.2, -0.15) is 13.2 Å². The summed E-state index contributed by atoms with van der Waals surface area (Å²) in [7, 11) is 0. The number of aryl methyl sites for hydroxylation is 2. The van der Waals surface area contributed by atoms with E-state index in [1.165, 1.54) is 6.07 Å². The van der Waals surface area contributed by atoms with Crippen LogP contribution in [0.2, 0.25) is 0 Å². The first-order valence-electron chi connectivity index (χ1n) is 9.05. The lowest BCUT2D eigenvalue weighted by Gasteiger charge is -2.18. The third kappa shape index (κ3) is 4.96. The van der Waals surface area contributed by atoms with Crippen LogP contribution in [0, 0.1) is 13.8 Å². The van der Waals surface area contributed by atoms with E-state index in [1.54, 1.807) is 6.92 Å². The maximum Gasteiger partial charge on any atom is 0.416 e. The second-order valence-electron chi connectivity index (χ2n) is 6.68. The van der Waals surface area contributed by atoms with Crippen LogP contribution in [0.4, 0.5) is 19.0 Å². The van der Waals surface area contributed by atoms with Crippen LogP contribution in [0.5, 0.6) is 0 Å². The van der Waals surface area contributed by atoms with Gasteiger partial charge in [-0.05, 0) is 56.0 Å². The zero-order valence-electron chi connectivity index (χ0n) is 15.7.